The number of carbonyl (C=O) groups is 2. The lowest BCUT2D eigenvalue weighted by atomic mass is 9.99. The Hall–Kier alpha value is -2.82. The van der Waals surface area contributed by atoms with Gasteiger partial charge in [0.1, 0.15) is 0 Å². The zero-order valence-electron chi connectivity index (χ0n) is 17.0. The molecule has 0 spiro atoms. The van der Waals surface area contributed by atoms with Gasteiger partial charge >= 0.3 is 0 Å². The lowest BCUT2D eigenvalue weighted by Gasteiger charge is -2.09. The van der Waals surface area contributed by atoms with Crippen molar-refractivity contribution in [2.24, 2.45) is 0 Å². The Balaban J connectivity index is 1.76. The van der Waals surface area contributed by atoms with E-state index in [4.69, 9.17) is 0 Å². The van der Waals surface area contributed by atoms with E-state index in [1.807, 2.05) is 43.3 Å². The predicted molar refractivity (Wildman–Crippen MR) is 129 cm³/mol. The highest BCUT2D eigenvalue weighted by Crippen LogP contribution is 2.31. The molecule has 0 aliphatic heterocycles. The molecule has 2 nitrogen and oxygen atoms in total. The van der Waals surface area contributed by atoms with Crippen LogP contribution in [0.2, 0.25) is 0 Å². The van der Waals surface area contributed by atoms with Crippen LogP contribution in [0.3, 0.4) is 0 Å². The molecular weight excluding hydrogens is 408 g/mol. The summed E-state index contributed by atoms with van der Waals surface area (Å²) in [5.41, 5.74) is 6.06. The molecule has 0 aliphatic carbocycles. The SMILES string of the molecule is C=CC(=O)Sc1ccc(-c2ccc(-c3ccc(SC(=O)C(=C)C)c(C)c3)cc2)cc1. The summed E-state index contributed by atoms with van der Waals surface area (Å²) in [4.78, 5) is 25.2. The number of rotatable bonds is 6. The number of aryl methyl sites for hydroxylation is 1. The van der Waals surface area contributed by atoms with Crippen LogP contribution in [0.15, 0.2) is 101 Å². The van der Waals surface area contributed by atoms with Crippen molar-refractivity contribution in [2.75, 3.05) is 0 Å². The Morgan fingerprint density at radius 1 is 0.800 bits per heavy atom. The van der Waals surface area contributed by atoms with Crippen LogP contribution < -0.4 is 0 Å². The van der Waals surface area contributed by atoms with E-state index in [1.165, 1.54) is 29.6 Å². The van der Waals surface area contributed by atoms with Gasteiger partial charge in [0.15, 0.2) is 0 Å². The monoisotopic (exact) mass is 430 g/mol. The van der Waals surface area contributed by atoms with E-state index in [-0.39, 0.29) is 10.2 Å². The van der Waals surface area contributed by atoms with Crippen LogP contribution in [0.1, 0.15) is 12.5 Å². The minimum atomic E-state index is -0.0594. The average Bonchev–Trinajstić information content (AvgIpc) is 2.75. The molecule has 0 N–H and O–H groups in total. The van der Waals surface area contributed by atoms with Gasteiger partial charge in [0.25, 0.3) is 0 Å². The molecular formula is C26H22O2S2. The molecule has 0 aliphatic rings. The second-order valence-corrected chi connectivity index (χ2v) is 8.97. The summed E-state index contributed by atoms with van der Waals surface area (Å²) >= 11 is 2.39. The first-order valence-corrected chi connectivity index (χ1v) is 11.0. The summed E-state index contributed by atoms with van der Waals surface area (Å²) in [7, 11) is 0. The number of hydrogen-bond acceptors (Lipinski definition) is 4. The zero-order valence-corrected chi connectivity index (χ0v) is 18.6. The molecule has 0 bridgehead atoms. The lowest BCUT2D eigenvalue weighted by Crippen LogP contribution is -1.93. The minimum absolute atomic E-state index is 0.00604. The van der Waals surface area contributed by atoms with Crippen molar-refractivity contribution >= 4 is 33.8 Å². The summed E-state index contributed by atoms with van der Waals surface area (Å²) < 4.78 is 0. The second kappa shape index (κ2) is 9.79. The Bertz CT molecular complexity index is 1110. The zero-order chi connectivity index (χ0) is 21.7. The van der Waals surface area contributed by atoms with Gasteiger partial charge in [-0.1, -0.05) is 61.7 Å². The molecule has 3 aromatic carbocycles. The quantitative estimate of drug-likeness (QED) is 0.303. The molecule has 4 heteroatoms. The van der Waals surface area contributed by atoms with Crippen molar-refractivity contribution in [1.82, 2.24) is 0 Å². The molecule has 0 amide bonds. The average molecular weight is 431 g/mol. The van der Waals surface area contributed by atoms with E-state index in [0.717, 1.165) is 37.6 Å². The fourth-order valence-corrected chi connectivity index (χ4v) is 4.18. The number of hydrogen-bond donors (Lipinski definition) is 0. The third-order valence-corrected chi connectivity index (χ3v) is 6.60. The number of thioether (sulfide) groups is 2. The Labute approximate surface area is 186 Å². The van der Waals surface area contributed by atoms with Crippen molar-refractivity contribution in [2.45, 2.75) is 23.6 Å². The Kier molecular flexibility index (Phi) is 7.14. The molecule has 0 saturated heterocycles. The van der Waals surface area contributed by atoms with Gasteiger partial charge in [-0.3, -0.25) is 9.59 Å². The molecule has 0 saturated carbocycles. The maximum Gasteiger partial charge on any atom is 0.219 e. The van der Waals surface area contributed by atoms with Crippen LogP contribution in [0.25, 0.3) is 22.3 Å². The second-order valence-electron chi connectivity index (χ2n) is 6.88. The minimum Gasteiger partial charge on any atom is -0.282 e. The Morgan fingerprint density at radius 3 is 1.80 bits per heavy atom. The maximum absolute atomic E-state index is 11.9. The standard InChI is InChI=1S/C26H22O2S2/c1-5-25(27)29-23-13-10-20(11-14-23)19-6-8-21(9-7-19)22-12-15-24(18(4)16-22)30-26(28)17(2)3/h5-16H,1-2H2,3-4H3. The van der Waals surface area contributed by atoms with Gasteiger partial charge in [-0.05, 0) is 95.0 Å². The topological polar surface area (TPSA) is 34.1 Å². The van der Waals surface area contributed by atoms with Gasteiger partial charge in [0, 0.05) is 9.79 Å². The van der Waals surface area contributed by atoms with Crippen LogP contribution in [-0.4, -0.2) is 10.2 Å². The van der Waals surface area contributed by atoms with E-state index in [2.05, 4.69) is 43.5 Å². The molecule has 150 valence electrons. The third-order valence-electron chi connectivity index (χ3n) is 4.52. The summed E-state index contributed by atoms with van der Waals surface area (Å²) in [6, 6.07) is 22.4. The molecule has 0 aromatic heterocycles. The van der Waals surface area contributed by atoms with Crippen molar-refractivity contribution in [3.8, 4) is 22.3 Å². The van der Waals surface area contributed by atoms with Crippen molar-refractivity contribution in [3.05, 3.63) is 97.1 Å². The Morgan fingerprint density at radius 2 is 1.30 bits per heavy atom. The summed E-state index contributed by atoms with van der Waals surface area (Å²) in [6.07, 6.45) is 1.32. The van der Waals surface area contributed by atoms with Gasteiger partial charge in [0.05, 0.1) is 0 Å². The molecule has 3 aromatic rings. The lowest BCUT2D eigenvalue weighted by molar-refractivity contribution is -0.108. The normalized spacial score (nSPS) is 10.5. The van der Waals surface area contributed by atoms with E-state index < -0.39 is 0 Å². The summed E-state index contributed by atoms with van der Waals surface area (Å²) in [5, 5.41) is -0.0655. The molecule has 3 rings (SSSR count). The van der Waals surface area contributed by atoms with Crippen LogP contribution in [-0.2, 0) is 9.59 Å². The third kappa shape index (κ3) is 5.41. The molecule has 0 heterocycles. The van der Waals surface area contributed by atoms with Crippen molar-refractivity contribution in [3.63, 3.8) is 0 Å². The highest BCUT2D eigenvalue weighted by atomic mass is 32.2. The van der Waals surface area contributed by atoms with Crippen molar-refractivity contribution in [1.29, 1.82) is 0 Å². The van der Waals surface area contributed by atoms with E-state index in [9.17, 15) is 9.59 Å². The van der Waals surface area contributed by atoms with E-state index in [0.29, 0.717) is 5.57 Å². The van der Waals surface area contributed by atoms with Gasteiger partial charge in [-0.2, -0.15) is 0 Å². The van der Waals surface area contributed by atoms with Crippen LogP contribution in [0.5, 0.6) is 0 Å². The fourth-order valence-electron chi connectivity index (χ4n) is 2.86. The number of carbonyl (C=O) groups excluding carboxylic acids is 2. The first-order valence-electron chi connectivity index (χ1n) is 9.41. The molecule has 0 radical (unpaired) electrons. The largest absolute Gasteiger partial charge is 0.282 e. The smallest absolute Gasteiger partial charge is 0.219 e. The van der Waals surface area contributed by atoms with Gasteiger partial charge in [0.2, 0.25) is 10.2 Å². The molecule has 0 unspecified atom stereocenters. The molecule has 30 heavy (non-hydrogen) atoms. The van der Waals surface area contributed by atoms with E-state index >= 15 is 0 Å². The molecule has 0 atom stereocenters. The summed E-state index contributed by atoms with van der Waals surface area (Å²) in [5.74, 6) is 0. The van der Waals surface area contributed by atoms with Gasteiger partial charge in [-0.25, -0.2) is 0 Å². The van der Waals surface area contributed by atoms with Crippen molar-refractivity contribution < 1.29 is 9.59 Å². The highest BCUT2D eigenvalue weighted by molar-refractivity contribution is 8.14. The van der Waals surface area contributed by atoms with Crippen LogP contribution in [0, 0.1) is 6.92 Å². The first kappa shape index (κ1) is 21.9. The fraction of sp³-hybridized carbons (Fsp3) is 0.0769. The number of benzene rings is 3. The first-order chi connectivity index (χ1) is 14.4. The summed E-state index contributed by atoms with van der Waals surface area (Å²) in [6.45, 7) is 11.0. The predicted octanol–water partition coefficient (Wildman–Crippen LogP) is 7.33. The maximum atomic E-state index is 11.9. The van der Waals surface area contributed by atoms with E-state index in [1.54, 1.807) is 6.92 Å². The van der Waals surface area contributed by atoms with Gasteiger partial charge < -0.3 is 0 Å². The molecule has 0 fully saturated rings. The van der Waals surface area contributed by atoms with Crippen LogP contribution >= 0.6 is 23.5 Å². The van der Waals surface area contributed by atoms with Crippen LogP contribution in [0.4, 0.5) is 0 Å². The van der Waals surface area contributed by atoms with Gasteiger partial charge in [-0.15, -0.1) is 0 Å². The highest BCUT2D eigenvalue weighted by Gasteiger charge is 2.09.